The van der Waals surface area contributed by atoms with Crippen LogP contribution in [0.1, 0.15) is 23.6 Å². The predicted octanol–water partition coefficient (Wildman–Crippen LogP) is 4.67. The Bertz CT molecular complexity index is 677. The number of nitrogens with one attached hydrogen (secondary N) is 1. The Morgan fingerprint density at radius 2 is 1.73 bits per heavy atom. The van der Waals surface area contributed by atoms with Gasteiger partial charge in [-0.1, -0.05) is 35.9 Å². The highest BCUT2D eigenvalue weighted by molar-refractivity contribution is 6.31. The standard InChI is InChI=1S/C18H20ClNO2/c1-11-8-9-15(19)10-16(11)20-18(21)14(4)22-17-12(2)6-5-7-13(17)3/h5-10,14H,1-4H3,(H,20,21). The second-order valence-corrected chi connectivity index (χ2v) is 5.87. The van der Waals surface area contributed by atoms with Gasteiger partial charge in [-0.05, 0) is 56.5 Å². The number of hydrogen-bond donors (Lipinski definition) is 1. The molecule has 2 rings (SSSR count). The van der Waals surface area contributed by atoms with Crippen molar-refractivity contribution in [3.8, 4) is 5.75 Å². The molecule has 0 heterocycles. The third kappa shape index (κ3) is 3.80. The zero-order chi connectivity index (χ0) is 16.3. The number of amides is 1. The summed E-state index contributed by atoms with van der Waals surface area (Å²) in [6.45, 7) is 7.59. The van der Waals surface area contributed by atoms with Gasteiger partial charge in [0.15, 0.2) is 6.10 Å². The third-order valence-electron chi connectivity index (χ3n) is 3.53. The van der Waals surface area contributed by atoms with Crippen LogP contribution in [-0.2, 0) is 4.79 Å². The van der Waals surface area contributed by atoms with Crippen molar-refractivity contribution in [3.63, 3.8) is 0 Å². The van der Waals surface area contributed by atoms with E-state index < -0.39 is 6.10 Å². The molecule has 1 N–H and O–H groups in total. The Morgan fingerprint density at radius 1 is 1.09 bits per heavy atom. The quantitative estimate of drug-likeness (QED) is 0.889. The van der Waals surface area contributed by atoms with Crippen LogP contribution in [0.5, 0.6) is 5.75 Å². The van der Waals surface area contributed by atoms with Crippen LogP contribution in [-0.4, -0.2) is 12.0 Å². The predicted molar refractivity (Wildman–Crippen MR) is 90.8 cm³/mol. The molecule has 0 aromatic heterocycles. The molecule has 0 aliphatic rings. The maximum Gasteiger partial charge on any atom is 0.265 e. The van der Waals surface area contributed by atoms with Crippen molar-refractivity contribution in [2.75, 3.05) is 5.32 Å². The second-order valence-electron chi connectivity index (χ2n) is 5.43. The van der Waals surface area contributed by atoms with Crippen molar-refractivity contribution in [1.29, 1.82) is 0 Å². The van der Waals surface area contributed by atoms with Crippen molar-refractivity contribution < 1.29 is 9.53 Å². The van der Waals surface area contributed by atoms with Crippen LogP contribution in [0.15, 0.2) is 36.4 Å². The average molecular weight is 318 g/mol. The van der Waals surface area contributed by atoms with Crippen LogP contribution in [0.4, 0.5) is 5.69 Å². The monoisotopic (exact) mass is 317 g/mol. The van der Waals surface area contributed by atoms with E-state index in [1.165, 1.54) is 0 Å². The van der Waals surface area contributed by atoms with Crippen molar-refractivity contribution in [2.24, 2.45) is 0 Å². The topological polar surface area (TPSA) is 38.3 Å². The number of halogens is 1. The molecule has 0 fully saturated rings. The highest BCUT2D eigenvalue weighted by Gasteiger charge is 2.17. The fourth-order valence-electron chi connectivity index (χ4n) is 2.18. The van der Waals surface area contributed by atoms with E-state index >= 15 is 0 Å². The summed E-state index contributed by atoms with van der Waals surface area (Å²) < 4.78 is 5.83. The van der Waals surface area contributed by atoms with E-state index in [9.17, 15) is 4.79 Å². The molecule has 116 valence electrons. The molecule has 1 atom stereocenters. The molecule has 0 saturated carbocycles. The first-order valence-corrected chi connectivity index (χ1v) is 7.56. The molecule has 3 nitrogen and oxygen atoms in total. The van der Waals surface area contributed by atoms with Crippen LogP contribution < -0.4 is 10.1 Å². The number of para-hydroxylation sites is 1. The second kappa shape index (κ2) is 6.84. The molecule has 0 aliphatic heterocycles. The third-order valence-corrected chi connectivity index (χ3v) is 3.77. The molecule has 22 heavy (non-hydrogen) atoms. The fraction of sp³-hybridized carbons (Fsp3) is 0.278. The lowest BCUT2D eigenvalue weighted by molar-refractivity contribution is -0.122. The Labute approximate surface area is 136 Å². The smallest absolute Gasteiger partial charge is 0.265 e. The van der Waals surface area contributed by atoms with Gasteiger partial charge in [-0.25, -0.2) is 0 Å². The minimum atomic E-state index is -0.599. The summed E-state index contributed by atoms with van der Waals surface area (Å²) in [5, 5.41) is 3.45. The molecule has 0 radical (unpaired) electrons. The summed E-state index contributed by atoms with van der Waals surface area (Å²) >= 11 is 5.97. The van der Waals surface area contributed by atoms with Gasteiger partial charge < -0.3 is 10.1 Å². The SMILES string of the molecule is Cc1ccc(Cl)cc1NC(=O)C(C)Oc1c(C)cccc1C. The van der Waals surface area contributed by atoms with E-state index in [0.29, 0.717) is 10.7 Å². The molecule has 4 heteroatoms. The summed E-state index contributed by atoms with van der Waals surface area (Å²) in [6, 6.07) is 11.3. The number of carbonyl (C=O) groups excluding carboxylic acids is 1. The van der Waals surface area contributed by atoms with Gasteiger partial charge in [0.25, 0.3) is 5.91 Å². The lowest BCUT2D eigenvalue weighted by Gasteiger charge is -2.18. The van der Waals surface area contributed by atoms with Crippen LogP contribution in [0, 0.1) is 20.8 Å². The van der Waals surface area contributed by atoms with Gasteiger partial charge in [0.2, 0.25) is 0 Å². The molecule has 2 aromatic rings. The molecular weight excluding hydrogens is 298 g/mol. The highest BCUT2D eigenvalue weighted by atomic mass is 35.5. The fourth-order valence-corrected chi connectivity index (χ4v) is 2.35. The lowest BCUT2D eigenvalue weighted by atomic mass is 10.1. The Morgan fingerprint density at radius 3 is 2.36 bits per heavy atom. The number of ether oxygens (including phenoxy) is 1. The first-order chi connectivity index (χ1) is 10.4. The molecule has 1 unspecified atom stereocenters. The Kier molecular flexibility index (Phi) is 5.09. The van der Waals surface area contributed by atoms with E-state index in [1.54, 1.807) is 19.1 Å². The van der Waals surface area contributed by atoms with Crippen LogP contribution >= 0.6 is 11.6 Å². The van der Waals surface area contributed by atoms with Gasteiger partial charge in [-0.3, -0.25) is 4.79 Å². The summed E-state index contributed by atoms with van der Waals surface area (Å²) in [7, 11) is 0. The number of rotatable bonds is 4. The van der Waals surface area contributed by atoms with E-state index in [-0.39, 0.29) is 5.91 Å². The number of carbonyl (C=O) groups is 1. The lowest BCUT2D eigenvalue weighted by Crippen LogP contribution is -2.30. The van der Waals surface area contributed by atoms with Gasteiger partial charge in [-0.15, -0.1) is 0 Å². The van der Waals surface area contributed by atoms with E-state index in [0.717, 1.165) is 22.4 Å². The molecule has 1 amide bonds. The van der Waals surface area contributed by atoms with Gasteiger partial charge in [0.1, 0.15) is 5.75 Å². The Balaban J connectivity index is 2.11. The minimum absolute atomic E-state index is 0.201. The van der Waals surface area contributed by atoms with Gasteiger partial charge in [0, 0.05) is 10.7 Å². The number of benzene rings is 2. The van der Waals surface area contributed by atoms with Crippen LogP contribution in [0.2, 0.25) is 5.02 Å². The van der Waals surface area contributed by atoms with Gasteiger partial charge in [0.05, 0.1) is 0 Å². The maximum absolute atomic E-state index is 12.3. The summed E-state index contributed by atoms with van der Waals surface area (Å²) in [5.74, 6) is 0.556. The van der Waals surface area contributed by atoms with Crippen molar-refractivity contribution in [2.45, 2.75) is 33.8 Å². The van der Waals surface area contributed by atoms with Gasteiger partial charge in [-0.2, -0.15) is 0 Å². The molecule has 0 bridgehead atoms. The summed E-state index contributed by atoms with van der Waals surface area (Å²) in [6.07, 6.45) is -0.599. The molecular formula is C18H20ClNO2. The van der Waals surface area contributed by atoms with E-state index in [2.05, 4.69) is 5.32 Å². The van der Waals surface area contributed by atoms with Crippen LogP contribution in [0.25, 0.3) is 0 Å². The summed E-state index contributed by atoms with van der Waals surface area (Å²) in [5.41, 5.74) is 3.68. The summed E-state index contributed by atoms with van der Waals surface area (Å²) in [4.78, 5) is 12.3. The van der Waals surface area contributed by atoms with Crippen molar-refractivity contribution >= 4 is 23.2 Å². The zero-order valence-electron chi connectivity index (χ0n) is 13.2. The number of hydrogen-bond acceptors (Lipinski definition) is 2. The maximum atomic E-state index is 12.3. The normalized spacial score (nSPS) is 11.9. The molecule has 2 aromatic carbocycles. The number of anilines is 1. The largest absolute Gasteiger partial charge is 0.480 e. The minimum Gasteiger partial charge on any atom is -0.480 e. The van der Waals surface area contributed by atoms with E-state index in [1.807, 2.05) is 45.0 Å². The highest BCUT2D eigenvalue weighted by Crippen LogP contribution is 2.24. The first kappa shape index (κ1) is 16.4. The van der Waals surface area contributed by atoms with Crippen molar-refractivity contribution in [1.82, 2.24) is 0 Å². The molecule has 0 aliphatic carbocycles. The van der Waals surface area contributed by atoms with E-state index in [4.69, 9.17) is 16.3 Å². The number of aryl methyl sites for hydroxylation is 3. The zero-order valence-corrected chi connectivity index (χ0v) is 14.0. The average Bonchev–Trinajstić information content (AvgIpc) is 2.46. The Hall–Kier alpha value is -2.00. The molecule has 0 saturated heterocycles. The van der Waals surface area contributed by atoms with Crippen LogP contribution in [0.3, 0.4) is 0 Å². The van der Waals surface area contributed by atoms with Crippen molar-refractivity contribution in [3.05, 3.63) is 58.1 Å². The van der Waals surface area contributed by atoms with Gasteiger partial charge >= 0.3 is 0 Å². The molecule has 0 spiro atoms. The first-order valence-electron chi connectivity index (χ1n) is 7.18.